The minimum atomic E-state index is 0.110. The summed E-state index contributed by atoms with van der Waals surface area (Å²) >= 11 is 0. The number of urea groups is 1. The molecule has 3 fully saturated rings. The van der Waals surface area contributed by atoms with Crippen LogP contribution in [0.4, 0.5) is 4.79 Å². The number of nitrogens with zero attached hydrogens (tertiary/aromatic N) is 2. The summed E-state index contributed by atoms with van der Waals surface area (Å²) < 4.78 is 5.30. The van der Waals surface area contributed by atoms with Crippen molar-refractivity contribution in [2.24, 2.45) is 0 Å². The molecule has 3 heterocycles. The maximum Gasteiger partial charge on any atom is 0.317 e. The number of nitrogens with one attached hydrogen (secondary N) is 1. The molecule has 0 spiro atoms. The summed E-state index contributed by atoms with van der Waals surface area (Å²) in [6.07, 6.45) is 4.59. The molecular formula is C13H23N3O2. The molecule has 0 aromatic heterocycles. The molecule has 0 bridgehead atoms. The van der Waals surface area contributed by atoms with Gasteiger partial charge in [0, 0.05) is 32.3 Å². The van der Waals surface area contributed by atoms with E-state index in [4.69, 9.17) is 4.74 Å². The van der Waals surface area contributed by atoms with Gasteiger partial charge in [0.05, 0.1) is 12.6 Å². The van der Waals surface area contributed by atoms with E-state index in [0.29, 0.717) is 12.6 Å². The van der Waals surface area contributed by atoms with Crippen molar-refractivity contribution >= 4 is 6.03 Å². The normalized spacial score (nSPS) is 33.2. The average Bonchev–Trinajstić information content (AvgIpc) is 2.97. The van der Waals surface area contributed by atoms with E-state index in [-0.39, 0.29) is 12.1 Å². The highest BCUT2D eigenvalue weighted by Crippen LogP contribution is 2.21. The van der Waals surface area contributed by atoms with E-state index in [2.05, 4.69) is 10.2 Å². The molecule has 1 N–H and O–H groups in total. The second-order valence-corrected chi connectivity index (χ2v) is 5.64. The van der Waals surface area contributed by atoms with Gasteiger partial charge in [0.25, 0.3) is 0 Å². The third-order valence-electron chi connectivity index (χ3n) is 4.35. The summed E-state index contributed by atoms with van der Waals surface area (Å²) in [6, 6.07) is 0.928. The first kappa shape index (κ1) is 12.2. The Morgan fingerprint density at radius 1 is 1.17 bits per heavy atom. The summed E-state index contributed by atoms with van der Waals surface area (Å²) in [5.41, 5.74) is 0. The smallest absolute Gasteiger partial charge is 0.317 e. The Morgan fingerprint density at radius 2 is 2.06 bits per heavy atom. The van der Waals surface area contributed by atoms with Crippen molar-refractivity contribution in [2.75, 3.05) is 39.4 Å². The molecule has 5 heteroatoms. The average molecular weight is 253 g/mol. The lowest BCUT2D eigenvalue weighted by atomic mass is 10.2. The molecule has 0 aromatic carbocycles. The van der Waals surface area contributed by atoms with Crippen molar-refractivity contribution in [1.82, 2.24) is 15.1 Å². The van der Waals surface area contributed by atoms with Crippen molar-refractivity contribution in [1.29, 1.82) is 0 Å². The second kappa shape index (κ2) is 5.45. The Labute approximate surface area is 108 Å². The molecule has 0 saturated carbocycles. The molecule has 18 heavy (non-hydrogen) atoms. The Kier molecular flexibility index (Phi) is 3.70. The summed E-state index contributed by atoms with van der Waals surface area (Å²) in [7, 11) is 0. The van der Waals surface area contributed by atoms with Crippen LogP contribution < -0.4 is 5.32 Å². The van der Waals surface area contributed by atoms with Crippen LogP contribution in [-0.4, -0.2) is 67.3 Å². The number of rotatable bonds is 1. The van der Waals surface area contributed by atoms with Crippen LogP contribution in [0.1, 0.15) is 25.7 Å². The predicted octanol–water partition coefficient (Wildman–Crippen LogP) is 0.655. The molecule has 3 rings (SSSR count). The van der Waals surface area contributed by atoms with Gasteiger partial charge in [0.15, 0.2) is 0 Å². The van der Waals surface area contributed by atoms with Gasteiger partial charge in [0.2, 0.25) is 0 Å². The summed E-state index contributed by atoms with van der Waals surface area (Å²) in [4.78, 5) is 16.8. The lowest BCUT2D eigenvalue weighted by Gasteiger charge is -2.26. The molecule has 0 radical (unpaired) electrons. The zero-order valence-corrected chi connectivity index (χ0v) is 10.9. The van der Waals surface area contributed by atoms with Gasteiger partial charge in [-0.05, 0) is 32.2 Å². The van der Waals surface area contributed by atoms with Crippen LogP contribution >= 0.6 is 0 Å². The SMILES string of the molecule is O=C(NC1CCOC1)N1CCCN2CCCC2C1. The van der Waals surface area contributed by atoms with Crippen molar-refractivity contribution in [3.05, 3.63) is 0 Å². The first-order valence-electron chi connectivity index (χ1n) is 7.20. The number of hydrogen-bond acceptors (Lipinski definition) is 3. The molecule has 5 nitrogen and oxygen atoms in total. The van der Waals surface area contributed by atoms with Gasteiger partial charge < -0.3 is 15.0 Å². The Balaban J connectivity index is 1.55. The van der Waals surface area contributed by atoms with Crippen LogP contribution in [-0.2, 0) is 4.74 Å². The number of carbonyl (C=O) groups excluding carboxylic acids is 1. The van der Waals surface area contributed by atoms with Gasteiger partial charge in [-0.2, -0.15) is 0 Å². The van der Waals surface area contributed by atoms with Gasteiger partial charge in [-0.1, -0.05) is 0 Å². The first-order valence-corrected chi connectivity index (χ1v) is 7.20. The van der Waals surface area contributed by atoms with E-state index in [9.17, 15) is 4.79 Å². The maximum absolute atomic E-state index is 12.2. The molecule has 3 aliphatic rings. The van der Waals surface area contributed by atoms with Crippen molar-refractivity contribution < 1.29 is 9.53 Å². The third kappa shape index (κ3) is 2.62. The van der Waals surface area contributed by atoms with E-state index in [1.807, 2.05) is 4.90 Å². The quantitative estimate of drug-likeness (QED) is 0.746. The lowest BCUT2D eigenvalue weighted by molar-refractivity contribution is 0.174. The van der Waals surface area contributed by atoms with Crippen molar-refractivity contribution in [3.63, 3.8) is 0 Å². The minimum Gasteiger partial charge on any atom is -0.379 e. The Bertz CT molecular complexity index is 305. The summed E-state index contributed by atoms with van der Waals surface area (Å²) in [5.74, 6) is 0. The van der Waals surface area contributed by atoms with Gasteiger partial charge in [-0.3, -0.25) is 4.90 Å². The fraction of sp³-hybridized carbons (Fsp3) is 0.923. The molecule has 3 saturated heterocycles. The van der Waals surface area contributed by atoms with Crippen LogP contribution in [0.2, 0.25) is 0 Å². The number of amides is 2. The summed E-state index contributed by atoms with van der Waals surface area (Å²) in [5, 5.41) is 3.10. The predicted molar refractivity (Wildman–Crippen MR) is 68.5 cm³/mol. The molecule has 2 amide bonds. The van der Waals surface area contributed by atoms with E-state index in [1.54, 1.807) is 0 Å². The Morgan fingerprint density at radius 3 is 2.89 bits per heavy atom. The van der Waals surface area contributed by atoms with E-state index >= 15 is 0 Å². The third-order valence-corrected chi connectivity index (χ3v) is 4.35. The van der Waals surface area contributed by atoms with Crippen molar-refractivity contribution in [2.45, 2.75) is 37.8 Å². The molecule has 2 atom stereocenters. The largest absolute Gasteiger partial charge is 0.379 e. The zero-order valence-electron chi connectivity index (χ0n) is 10.9. The molecule has 2 unspecified atom stereocenters. The molecule has 0 aromatic rings. The zero-order chi connectivity index (χ0) is 12.4. The fourth-order valence-corrected chi connectivity index (χ4v) is 3.31. The first-order chi connectivity index (χ1) is 8.83. The van der Waals surface area contributed by atoms with Gasteiger partial charge in [0.1, 0.15) is 0 Å². The number of ether oxygens (including phenoxy) is 1. The maximum atomic E-state index is 12.2. The number of fused-ring (bicyclic) bond motifs is 1. The van der Waals surface area contributed by atoms with E-state index in [1.165, 1.54) is 19.4 Å². The number of carbonyl (C=O) groups is 1. The topological polar surface area (TPSA) is 44.8 Å². The van der Waals surface area contributed by atoms with Crippen LogP contribution in [0.25, 0.3) is 0 Å². The van der Waals surface area contributed by atoms with Crippen LogP contribution in [0.5, 0.6) is 0 Å². The molecule has 102 valence electrons. The Hall–Kier alpha value is -0.810. The van der Waals surface area contributed by atoms with Gasteiger partial charge >= 0.3 is 6.03 Å². The fourth-order valence-electron chi connectivity index (χ4n) is 3.31. The molecular weight excluding hydrogens is 230 g/mol. The molecule has 0 aliphatic carbocycles. The standard InChI is InChI=1S/C13H23N3O2/c17-13(14-11-4-8-18-10-11)16-7-2-6-15-5-1-3-12(15)9-16/h11-12H,1-10H2,(H,14,17). The molecule has 3 aliphatic heterocycles. The highest BCUT2D eigenvalue weighted by Gasteiger charge is 2.31. The van der Waals surface area contributed by atoms with Gasteiger partial charge in [-0.25, -0.2) is 4.79 Å². The van der Waals surface area contributed by atoms with E-state index in [0.717, 1.165) is 39.1 Å². The number of hydrogen-bond donors (Lipinski definition) is 1. The van der Waals surface area contributed by atoms with E-state index < -0.39 is 0 Å². The van der Waals surface area contributed by atoms with Crippen LogP contribution in [0.15, 0.2) is 0 Å². The van der Waals surface area contributed by atoms with Gasteiger partial charge in [-0.15, -0.1) is 0 Å². The monoisotopic (exact) mass is 253 g/mol. The summed E-state index contributed by atoms with van der Waals surface area (Å²) in [6.45, 7) is 5.62. The highest BCUT2D eigenvalue weighted by molar-refractivity contribution is 5.74. The lowest BCUT2D eigenvalue weighted by Crippen LogP contribution is -2.48. The highest BCUT2D eigenvalue weighted by atomic mass is 16.5. The van der Waals surface area contributed by atoms with Crippen LogP contribution in [0.3, 0.4) is 0 Å². The van der Waals surface area contributed by atoms with Crippen LogP contribution in [0, 0.1) is 0 Å². The van der Waals surface area contributed by atoms with Crippen molar-refractivity contribution in [3.8, 4) is 0 Å². The second-order valence-electron chi connectivity index (χ2n) is 5.64. The minimum absolute atomic E-state index is 0.110.